The predicted octanol–water partition coefficient (Wildman–Crippen LogP) is 1.11. The summed E-state index contributed by atoms with van der Waals surface area (Å²) in [7, 11) is -3.42. The highest BCUT2D eigenvalue weighted by Crippen LogP contribution is 2.31. The summed E-state index contributed by atoms with van der Waals surface area (Å²) in [6.45, 7) is 0. The van der Waals surface area contributed by atoms with Crippen molar-refractivity contribution in [2.75, 3.05) is 11.6 Å². The Morgan fingerprint density at radius 1 is 1.24 bits per heavy atom. The summed E-state index contributed by atoms with van der Waals surface area (Å²) in [4.78, 5) is 11.0. The Morgan fingerprint density at radius 3 is 2.47 bits per heavy atom. The van der Waals surface area contributed by atoms with Crippen molar-refractivity contribution >= 4 is 27.8 Å². The molecular formula is C10H17NO4S2. The van der Waals surface area contributed by atoms with Crippen LogP contribution in [0.2, 0.25) is 0 Å². The number of carbonyl (C=O) groups is 1. The minimum Gasteiger partial charge on any atom is -0.480 e. The summed E-state index contributed by atoms with van der Waals surface area (Å²) < 4.78 is 25.9. The highest BCUT2D eigenvalue weighted by atomic mass is 32.2. The van der Waals surface area contributed by atoms with Gasteiger partial charge in [0.25, 0.3) is 0 Å². The third-order valence-corrected chi connectivity index (χ3v) is 6.95. The standard InChI is InChI=1S/C10H17NO4S2/c12-10(13)9-6-16-7-11(9)17(14,15)8-4-2-1-3-5-8/h8-9H,1-7H2,(H,12,13)/t9-/m0/s1. The second-order valence-corrected chi connectivity index (χ2v) is 7.71. The molecule has 17 heavy (non-hydrogen) atoms. The normalized spacial score (nSPS) is 28.4. The predicted molar refractivity (Wildman–Crippen MR) is 66.4 cm³/mol. The van der Waals surface area contributed by atoms with Gasteiger partial charge in [0.1, 0.15) is 6.04 Å². The Kier molecular flexibility index (Phi) is 3.99. The van der Waals surface area contributed by atoms with E-state index in [-0.39, 0.29) is 11.1 Å². The molecule has 0 spiro atoms. The average Bonchev–Trinajstić information content (AvgIpc) is 2.80. The van der Waals surface area contributed by atoms with E-state index in [0.29, 0.717) is 18.6 Å². The number of sulfonamides is 1. The first kappa shape index (κ1) is 13.2. The molecule has 1 atom stereocenters. The van der Waals surface area contributed by atoms with Crippen LogP contribution in [0, 0.1) is 0 Å². The number of rotatable bonds is 3. The lowest BCUT2D eigenvalue weighted by Crippen LogP contribution is -2.46. The summed E-state index contributed by atoms with van der Waals surface area (Å²) in [5, 5.41) is 8.66. The fraction of sp³-hybridized carbons (Fsp3) is 0.900. The van der Waals surface area contributed by atoms with Gasteiger partial charge in [-0.25, -0.2) is 8.42 Å². The van der Waals surface area contributed by atoms with Crippen molar-refractivity contribution in [1.29, 1.82) is 0 Å². The lowest BCUT2D eigenvalue weighted by Gasteiger charge is -2.28. The molecule has 1 N–H and O–H groups in total. The molecule has 1 saturated carbocycles. The molecule has 0 aromatic carbocycles. The van der Waals surface area contributed by atoms with Crippen molar-refractivity contribution in [2.45, 2.75) is 43.4 Å². The lowest BCUT2D eigenvalue weighted by molar-refractivity contribution is -0.140. The van der Waals surface area contributed by atoms with Crippen LogP contribution in [0.25, 0.3) is 0 Å². The van der Waals surface area contributed by atoms with Gasteiger partial charge in [0.15, 0.2) is 0 Å². The van der Waals surface area contributed by atoms with Crippen LogP contribution in [-0.4, -0.2) is 46.7 Å². The Balaban J connectivity index is 2.16. The van der Waals surface area contributed by atoms with E-state index in [1.807, 2.05) is 0 Å². The maximum Gasteiger partial charge on any atom is 0.322 e. The van der Waals surface area contributed by atoms with E-state index in [1.165, 1.54) is 16.1 Å². The Bertz CT molecular complexity index is 389. The third kappa shape index (κ3) is 2.61. The van der Waals surface area contributed by atoms with Gasteiger partial charge in [-0.05, 0) is 12.8 Å². The van der Waals surface area contributed by atoms with Crippen molar-refractivity contribution < 1.29 is 18.3 Å². The van der Waals surface area contributed by atoms with E-state index >= 15 is 0 Å². The average molecular weight is 279 g/mol. The number of nitrogens with zero attached hydrogens (tertiary/aromatic N) is 1. The number of hydrogen-bond donors (Lipinski definition) is 1. The molecule has 0 unspecified atom stereocenters. The van der Waals surface area contributed by atoms with Crippen LogP contribution < -0.4 is 0 Å². The largest absolute Gasteiger partial charge is 0.480 e. The molecule has 0 bridgehead atoms. The number of carboxylic acid groups (broad SMARTS) is 1. The first-order chi connectivity index (χ1) is 8.03. The highest BCUT2D eigenvalue weighted by Gasteiger charge is 2.43. The molecule has 0 aromatic rings. The third-order valence-electron chi connectivity index (χ3n) is 3.43. The van der Waals surface area contributed by atoms with Crippen LogP contribution in [0.5, 0.6) is 0 Å². The SMILES string of the molecule is O=C(O)[C@@H]1CSCN1S(=O)(=O)C1CCCCC1. The molecule has 1 aliphatic heterocycles. The zero-order valence-corrected chi connectivity index (χ0v) is 11.2. The van der Waals surface area contributed by atoms with Gasteiger partial charge >= 0.3 is 5.97 Å². The zero-order valence-electron chi connectivity index (χ0n) is 9.54. The maximum absolute atomic E-state index is 12.4. The number of thioether (sulfide) groups is 1. The van der Waals surface area contributed by atoms with E-state index in [2.05, 4.69) is 0 Å². The molecule has 0 amide bonds. The van der Waals surface area contributed by atoms with Crippen molar-refractivity contribution in [1.82, 2.24) is 4.31 Å². The highest BCUT2D eigenvalue weighted by molar-refractivity contribution is 8.00. The topological polar surface area (TPSA) is 74.7 Å². The molecule has 2 fully saturated rings. The van der Waals surface area contributed by atoms with Crippen LogP contribution in [0.4, 0.5) is 0 Å². The van der Waals surface area contributed by atoms with Gasteiger partial charge in [-0.15, -0.1) is 11.8 Å². The van der Waals surface area contributed by atoms with E-state index in [0.717, 1.165) is 19.3 Å². The van der Waals surface area contributed by atoms with Gasteiger partial charge < -0.3 is 5.11 Å². The molecular weight excluding hydrogens is 262 g/mol. The van der Waals surface area contributed by atoms with Crippen molar-refractivity contribution in [3.63, 3.8) is 0 Å². The second-order valence-electron chi connectivity index (χ2n) is 4.55. The van der Waals surface area contributed by atoms with Gasteiger partial charge in [-0.3, -0.25) is 4.79 Å². The lowest BCUT2D eigenvalue weighted by atomic mass is 10.0. The van der Waals surface area contributed by atoms with Gasteiger partial charge in [0.05, 0.1) is 11.1 Å². The Morgan fingerprint density at radius 2 is 1.88 bits per heavy atom. The molecule has 1 aliphatic carbocycles. The fourth-order valence-electron chi connectivity index (χ4n) is 2.43. The summed E-state index contributed by atoms with van der Waals surface area (Å²) in [6, 6.07) is -0.869. The van der Waals surface area contributed by atoms with Crippen LogP contribution in [0.3, 0.4) is 0 Å². The molecule has 0 radical (unpaired) electrons. The smallest absolute Gasteiger partial charge is 0.322 e. The monoisotopic (exact) mass is 279 g/mol. The quantitative estimate of drug-likeness (QED) is 0.837. The molecule has 98 valence electrons. The van der Waals surface area contributed by atoms with E-state index in [9.17, 15) is 13.2 Å². The minimum atomic E-state index is -3.42. The van der Waals surface area contributed by atoms with E-state index in [4.69, 9.17) is 5.11 Å². The number of aliphatic carboxylic acids is 1. The summed E-state index contributed by atoms with van der Waals surface area (Å²) in [5.74, 6) is -0.383. The Labute approximate surface area is 106 Å². The van der Waals surface area contributed by atoms with Gasteiger partial charge in [-0.2, -0.15) is 4.31 Å². The van der Waals surface area contributed by atoms with Crippen molar-refractivity contribution in [2.24, 2.45) is 0 Å². The van der Waals surface area contributed by atoms with Crippen molar-refractivity contribution in [3.05, 3.63) is 0 Å². The summed E-state index contributed by atoms with van der Waals surface area (Å²) >= 11 is 1.38. The molecule has 0 aromatic heterocycles. The second kappa shape index (κ2) is 5.16. The molecule has 2 rings (SSSR count). The van der Waals surface area contributed by atoms with E-state index in [1.54, 1.807) is 0 Å². The zero-order chi connectivity index (χ0) is 12.5. The van der Waals surface area contributed by atoms with Gasteiger partial charge in [0, 0.05) is 5.75 Å². The molecule has 2 aliphatic rings. The first-order valence-corrected chi connectivity index (χ1v) is 8.50. The number of hydrogen-bond acceptors (Lipinski definition) is 4. The fourth-order valence-corrected chi connectivity index (χ4v) is 6.18. The first-order valence-electron chi connectivity index (χ1n) is 5.84. The summed E-state index contributed by atoms with van der Waals surface area (Å²) in [5.41, 5.74) is 0. The maximum atomic E-state index is 12.4. The summed E-state index contributed by atoms with van der Waals surface area (Å²) in [6.07, 6.45) is 4.31. The van der Waals surface area contributed by atoms with Gasteiger partial charge in [0.2, 0.25) is 10.0 Å². The van der Waals surface area contributed by atoms with Crippen LogP contribution in [0.15, 0.2) is 0 Å². The molecule has 1 heterocycles. The van der Waals surface area contributed by atoms with Crippen LogP contribution in [-0.2, 0) is 14.8 Å². The molecule has 7 heteroatoms. The minimum absolute atomic E-state index is 0.288. The molecule has 1 saturated heterocycles. The van der Waals surface area contributed by atoms with Crippen molar-refractivity contribution in [3.8, 4) is 0 Å². The van der Waals surface area contributed by atoms with Crippen LogP contribution >= 0.6 is 11.8 Å². The van der Waals surface area contributed by atoms with Gasteiger partial charge in [-0.1, -0.05) is 19.3 Å². The number of carboxylic acids is 1. The van der Waals surface area contributed by atoms with Crippen LogP contribution in [0.1, 0.15) is 32.1 Å². The Hall–Kier alpha value is -0.270. The molecule has 5 nitrogen and oxygen atoms in total. The van der Waals surface area contributed by atoms with E-state index < -0.39 is 22.0 Å².